The molecule has 0 amide bonds. The molecule has 0 saturated heterocycles. The standard InChI is InChI=1S/C12H13FO3/c1-15-10-8(4-3-5-9(10)13)12(6-7-12)11(14)16-2/h3-5H,6-7H2,1-2H3. The average Bonchev–Trinajstić information content (AvgIpc) is 3.09. The first kappa shape index (κ1) is 10.9. The lowest BCUT2D eigenvalue weighted by molar-refractivity contribution is -0.143. The van der Waals surface area contributed by atoms with Crippen molar-refractivity contribution in [3.63, 3.8) is 0 Å². The van der Waals surface area contributed by atoms with Crippen LogP contribution in [-0.4, -0.2) is 20.2 Å². The third-order valence-corrected chi connectivity index (χ3v) is 3.01. The molecule has 0 atom stereocenters. The van der Waals surface area contributed by atoms with E-state index in [1.165, 1.54) is 20.3 Å². The molecule has 16 heavy (non-hydrogen) atoms. The van der Waals surface area contributed by atoms with Crippen LogP contribution in [0.3, 0.4) is 0 Å². The van der Waals surface area contributed by atoms with Crippen LogP contribution in [0.1, 0.15) is 18.4 Å². The van der Waals surface area contributed by atoms with Gasteiger partial charge in [0.1, 0.15) is 0 Å². The van der Waals surface area contributed by atoms with E-state index >= 15 is 0 Å². The van der Waals surface area contributed by atoms with E-state index in [2.05, 4.69) is 0 Å². The average molecular weight is 224 g/mol. The number of hydrogen-bond acceptors (Lipinski definition) is 3. The Hall–Kier alpha value is -1.58. The van der Waals surface area contributed by atoms with Crippen molar-refractivity contribution >= 4 is 5.97 Å². The maximum Gasteiger partial charge on any atom is 0.316 e. The monoisotopic (exact) mass is 224 g/mol. The van der Waals surface area contributed by atoms with Crippen LogP contribution in [0.4, 0.5) is 4.39 Å². The molecule has 1 aromatic rings. The van der Waals surface area contributed by atoms with Gasteiger partial charge in [-0.2, -0.15) is 0 Å². The second-order valence-electron chi connectivity index (χ2n) is 3.89. The third-order valence-electron chi connectivity index (χ3n) is 3.01. The molecule has 3 nitrogen and oxygen atoms in total. The molecule has 0 heterocycles. The highest BCUT2D eigenvalue weighted by Crippen LogP contribution is 2.52. The van der Waals surface area contributed by atoms with Gasteiger partial charge in [0.05, 0.1) is 19.6 Å². The fourth-order valence-corrected chi connectivity index (χ4v) is 2.00. The first-order chi connectivity index (χ1) is 7.65. The highest BCUT2D eigenvalue weighted by Gasteiger charge is 2.54. The summed E-state index contributed by atoms with van der Waals surface area (Å²) in [5.74, 6) is -0.628. The van der Waals surface area contributed by atoms with E-state index in [1.54, 1.807) is 12.1 Å². The lowest BCUT2D eigenvalue weighted by atomic mass is 9.95. The largest absolute Gasteiger partial charge is 0.493 e. The van der Waals surface area contributed by atoms with Gasteiger partial charge in [0.25, 0.3) is 0 Å². The van der Waals surface area contributed by atoms with Crippen molar-refractivity contribution in [3.05, 3.63) is 29.6 Å². The van der Waals surface area contributed by atoms with Crippen LogP contribution in [0.2, 0.25) is 0 Å². The number of esters is 1. The number of hydrogen-bond donors (Lipinski definition) is 0. The predicted octanol–water partition coefficient (Wildman–Crippen LogP) is 2.04. The minimum Gasteiger partial charge on any atom is -0.493 e. The molecule has 86 valence electrons. The molecular weight excluding hydrogens is 211 g/mol. The number of halogens is 1. The zero-order valence-electron chi connectivity index (χ0n) is 9.25. The Morgan fingerprint density at radius 3 is 2.56 bits per heavy atom. The van der Waals surface area contributed by atoms with Gasteiger partial charge in [-0.1, -0.05) is 12.1 Å². The molecule has 0 radical (unpaired) electrons. The Morgan fingerprint density at radius 1 is 1.38 bits per heavy atom. The van der Waals surface area contributed by atoms with E-state index in [0.29, 0.717) is 18.4 Å². The fourth-order valence-electron chi connectivity index (χ4n) is 2.00. The number of methoxy groups -OCH3 is 2. The first-order valence-electron chi connectivity index (χ1n) is 5.07. The quantitative estimate of drug-likeness (QED) is 0.737. The summed E-state index contributed by atoms with van der Waals surface area (Å²) in [6.07, 6.45) is 1.36. The van der Waals surface area contributed by atoms with Crippen LogP contribution in [-0.2, 0) is 14.9 Å². The molecule has 0 unspecified atom stereocenters. The highest BCUT2D eigenvalue weighted by molar-refractivity contribution is 5.87. The van der Waals surface area contributed by atoms with Gasteiger partial charge in [-0.05, 0) is 18.9 Å². The van der Waals surface area contributed by atoms with E-state index in [9.17, 15) is 9.18 Å². The minimum atomic E-state index is -0.692. The SMILES string of the molecule is COC(=O)C1(c2cccc(F)c2OC)CC1. The van der Waals surface area contributed by atoms with Gasteiger partial charge in [0.15, 0.2) is 11.6 Å². The maximum absolute atomic E-state index is 13.5. The predicted molar refractivity (Wildman–Crippen MR) is 55.9 cm³/mol. The molecule has 0 aromatic heterocycles. The number of ether oxygens (including phenoxy) is 2. The summed E-state index contributed by atoms with van der Waals surface area (Å²) in [4.78, 5) is 11.7. The molecule has 0 spiro atoms. The van der Waals surface area contributed by atoms with Gasteiger partial charge < -0.3 is 9.47 Å². The summed E-state index contributed by atoms with van der Waals surface area (Å²) in [6.45, 7) is 0. The minimum absolute atomic E-state index is 0.144. The Morgan fingerprint density at radius 2 is 2.06 bits per heavy atom. The van der Waals surface area contributed by atoms with Gasteiger partial charge in [0, 0.05) is 5.56 Å². The lowest BCUT2D eigenvalue weighted by Gasteiger charge is -2.16. The molecule has 2 rings (SSSR count). The van der Waals surface area contributed by atoms with Crippen LogP contribution >= 0.6 is 0 Å². The number of carbonyl (C=O) groups excluding carboxylic acids is 1. The van der Waals surface area contributed by atoms with E-state index < -0.39 is 11.2 Å². The smallest absolute Gasteiger partial charge is 0.316 e. The number of rotatable bonds is 3. The Bertz CT molecular complexity index is 424. The molecule has 1 aromatic carbocycles. The molecule has 1 aliphatic rings. The summed E-state index contributed by atoms with van der Waals surface area (Å²) >= 11 is 0. The third kappa shape index (κ3) is 1.45. The first-order valence-corrected chi connectivity index (χ1v) is 5.07. The van der Waals surface area contributed by atoms with Crippen molar-refractivity contribution in [2.75, 3.05) is 14.2 Å². The van der Waals surface area contributed by atoms with E-state index in [4.69, 9.17) is 9.47 Å². The second-order valence-corrected chi connectivity index (χ2v) is 3.89. The molecule has 0 aliphatic heterocycles. The van der Waals surface area contributed by atoms with Crippen molar-refractivity contribution in [1.29, 1.82) is 0 Å². The summed E-state index contributed by atoms with van der Waals surface area (Å²) in [6, 6.07) is 4.61. The zero-order valence-corrected chi connectivity index (χ0v) is 9.25. The fraction of sp³-hybridized carbons (Fsp3) is 0.417. The van der Waals surface area contributed by atoms with Crippen LogP contribution in [0.25, 0.3) is 0 Å². The van der Waals surface area contributed by atoms with Crippen molar-refractivity contribution < 1.29 is 18.7 Å². The number of benzene rings is 1. The zero-order chi connectivity index (χ0) is 11.8. The molecule has 1 fully saturated rings. The summed E-state index contributed by atoms with van der Waals surface area (Å²) in [7, 11) is 2.74. The lowest BCUT2D eigenvalue weighted by Crippen LogP contribution is -2.22. The molecule has 0 bridgehead atoms. The summed E-state index contributed by atoms with van der Waals surface area (Å²) < 4.78 is 23.3. The molecule has 4 heteroatoms. The Balaban J connectivity index is 2.48. The van der Waals surface area contributed by atoms with E-state index in [-0.39, 0.29) is 11.7 Å². The molecular formula is C12H13FO3. The van der Waals surface area contributed by atoms with Crippen LogP contribution in [0.5, 0.6) is 5.75 Å². The number of para-hydroxylation sites is 1. The van der Waals surface area contributed by atoms with Gasteiger partial charge in [-0.3, -0.25) is 4.79 Å². The van der Waals surface area contributed by atoms with Crippen molar-refractivity contribution in [2.24, 2.45) is 0 Å². The van der Waals surface area contributed by atoms with Crippen LogP contribution in [0.15, 0.2) is 18.2 Å². The Kier molecular flexibility index (Phi) is 2.58. The van der Waals surface area contributed by atoms with Crippen molar-refractivity contribution in [3.8, 4) is 5.75 Å². The molecule has 1 aliphatic carbocycles. The number of carbonyl (C=O) groups is 1. The van der Waals surface area contributed by atoms with Crippen LogP contribution in [0, 0.1) is 5.82 Å². The maximum atomic E-state index is 13.5. The Labute approximate surface area is 93.2 Å². The second kappa shape index (κ2) is 3.77. The van der Waals surface area contributed by atoms with Gasteiger partial charge in [-0.25, -0.2) is 4.39 Å². The van der Waals surface area contributed by atoms with Crippen molar-refractivity contribution in [1.82, 2.24) is 0 Å². The highest BCUT2D eigenvalue weighted by atomic mass is 19.1. The van der Waals surface area contributed by atoms with E-state index in [0.717, 1.165) is 0 Å². The van der Waals surface area contributed by atoms with E-state index in [1.807, 2.05) is 0 Å². The van der Waals surface area contributed by atoms with Gasteiger partial charge >= 0.3 is 5.97 Å². The summed E-state index contributed by atoms with van der Waals surface area (Å²) in [5, 5.41) is 0. The summed E-state index contributed by atoms with van der Waals surface area (Å²) in [5.41, 5.74) is -0.107. The van der Waals surface area contributed by atoms with Gasteiger partial charge in [0.2, 0.25) is 0 Å². The normalized spacial score (nSPS) is 16.7. The molecule has 1 saturated carbocycles. The topological polar surface area (TPSA) is 35.5 Å². The molecule has 0 N–H and O–H groups in total. The van der Waals surface area contributed by atoms with Crippen LogP contribution < -0.4 is 4.74 Å². The van der Waals surface area contributed by atoms with Gasteiger partial charge in [-0.15, -0.1) is 0 Å². The van der Waals surface area contributed by atoms with Crippen molar-refractivity contribution in [2.45, 2.75) is 18.3 Å².